The van der Waals surface area contributed by atoms with E-state index in [1.165, 1.54) is 19.2 Å². The number of hydrogen-bond acceptors (Lipinski definition) is 5. The van der Waals surface area contributed by atoms with E-state index in [4.69, 9.17) is 4.74 Å². The molecule has 2 aromatic rings. The molecule has 0 saturated carbocycles. The van der Waals surface area contributed by atoms with Crippen molar-refractivity contribution in [1.29, 1.82) is 0 Å². The fraction of sp³-hybridized carbons (Fsp3) is 0.350. The molecule has 1 aliphatic rings. The molecule has 3 rings (SSSR count). The van der Waals surface area contributed by atoms with Crippen LogP contribution in [0.3, 0.4) is 0 Å². The average Bonchev–Trinajstić information content (AvgIpc) is 2.69. The van der Waals surface area contributed by atoms with E-state index in [1.807, 2.05) is 35.2 Å². The van der Waals surface area contributed by atoms with Crippen LogP contribution in [0.2, 0.25) is 0 Å². The molecular formula is C20H23FN2O4S. The van der Waals surface area contributed by atoms with E-state index >= 15 is 0 Å². The second-order valence-corrected chi connectivity index (χ2v) is 8.99. The third-order valence-corrected chi connectivity index (χ3v) is 6.40. The maximum Gasteiger partial charge on any atom is 0.242 e. The molecular weight excluding hydrogens is 383 g/mol. The maximum atomic E-state index is 13.9. The third kappa shape index (κ3) is 4.88. The van der Waals surface area contributed by atoms with Crippen LogP contribution in [0.15, 0.2) is 48.5 Å². The number of carbonyl (C=O) groups is 1. The van der Waals surface area contributed by atoms with E-state index in [1.54, 1.807) is 6.07 Å². The van der Waals surface area contributed by atoms with Crippen LogP contribution in [-0.2, 0) is 21.2 Å². The van der Waals surface area contributed by atoms with Gasteiger partial charge in [0.1, 0.15) is 6.04 Å². The van der Waals surface area contributed by atoms with Crippen molar-refractivity contribution < 1.29 is 22.3 Å². The van der Waals surface area contributed by atoms with Crippen molar-refractivity contribution in [3.8, 4) is 5.75 Å². The monoisotopic (exact) mass is 406 g/mol. The third-order valence-electron chi connectivity index (χ3n) is 4.79. The van der Waals surface area contributed by atoms with Crippen molar-refractivity contribution in [2.75, 3.05) is 31.7 Å². The van der Waals surface area contributed by atoms with Gasteiger partial charge in [0.05, 0.1) is 18.6 Å². The Balaban J connectivity index is 1.74. The van der Waals surface area contributed by atoms with Crippen molar-refractivity contribution in [2.24, 2.45) is 0 Å². The van der Waals surface area contributed by atoms with Crippen molar-refractivity contribution in [3.05, 3.63) is 65.5 Å². The molecule has 1 N–H and O–H groups in total. The summed E-state index contributed by atoms with van der Waals surface area (Å²) in [4.78, 5) is 14.8. The van der Waals surface area contributed by atoms with Gasteiger partial charge in [0, 0.05) is 19.6 Å². The number of hydrogen-bond donors (Lipinski definition) is 1. The summed E-state index contributed by atoms with van der Waals surface area (Å²) in [7, 11) is -1.66. The zero-order chi connectivity index (χ0) is 20.1. The maximum absolute atomic E-state index is 13.9. The molecule has 1 unspecified atom stereocenters. The first-order valence-electron chi connectivity index (χ1n) is 8.99. The Labute approximate surface area is 164 Å². The summed E-state index contributed by atoms with van der Waals surface area (Å²) in [6.07, 6.45) is 0. The summed E-state index contributed by atoms with van der Waals surface area (Å²) in [6, 6.07) is 13.2. The van der Waals surface area contributed by atoms with Crippen LogP contribution >= 0.6 is 0 Å². The van der Waals surface area contributed by atoms with E-state index in [-0.39, 0.29) is 29.7 Å². The van der Waals surface area contributed by atoms with Gasteiger partial charge in [-0.1, -0.05) is 36.4 Å². The molecule has 0 spiro atoms. The van der Waals surface area contributed by atoms with Crippen LogP contribution in [0.25, 0.3) is 0 Å². The fourth-order valence-corrected chi connectivity index (χ4v) is 4.48. The number of amides is 1. The highest BCUT2D eigenvalue weighted by molar-refractivity contribution is 7.91. The lowest BCUT2D eigenvalue weighted by molar-refractivity contribution is -0.126. The molecule has 1 amide bonds. The van der Waals surface area contributed by atoms with Crippen molar-refractivity contribution >= 4 is 15.7 Å². The highest BCUT2D eigenvalue weighted by Crippen LogP contribution is 2.24. The van der Waals surface area contributed by atoms with Gasteiger partial charge in [-0.3, -0.25) is 9.69 Å². The highest BCUT2D eigenvalue weighted by Gasteiger charge is 2.32. The predicted octanol–water partition coefficient (Wildman–Crippen LogP) is 1.92. The number of ether oxygens (including phenoxy) is 1. The van der Waals surface area contributed by atoms with Crippen molar-refractivity contribution in [2.45, 2.75) is 12.6 Å². The lowest BCUT2D eigenvalue weighted by Crippen LogP contribution is -2.47. The van der Waals surface area contributed by atoms with E-state index in [0.717, 1.165) is 5.56 Å². The minimum atomic E-state index is -3.05. The molecule has 0 aromatic heterocycles. The largest absolute Gasteiger partial charge is 0.494 e. The lowest BCUT2D eigenvalue weighted by atomic mass is 10.0. The van der Waals surface area contributed by atoms with E-state index < -0.39 is 21.7 Å². The molecule has 1 aliphatic heterocycles. The van der Waals surface area contributed by atoms with Gasteiger partial charge in [-0.25, -0.2) is 12.8 Å². The SMILES string of the molecule is COc1ccc(CNC(=O)C(c2ccccc2)N2CCS(=O)(=O)CC2)cc1F. The molecule has 150 valence electrons. The minimum absolute atomic E-state index is 0.0350. The Hall–Kier alpha value is -2.45. The molecule has 6 nitrogen and oxygen atoms in total. The predicted molar refractivity (Wildman–Crippen MR) is 104 cm³/mol. The number of methoxy groups -OCH3 is 1. The molecule has 0 aliphatic carbocycles. The zero-order valence-corrected chi connectivity index (χ0v) is 16.4. The summed E-state index contributed by atoms with van der Waals surface area (Å²) >= 11 is 0. The second kappa shape index (κ2) is 8.70. The van der Waals surface area contributed by atoms with E-state index in [0.29, 0.717) is 18.7 Å². The smallest absolute Gasteiger partial charge is 0.242 e. The summed E-state index contributed by atoms with van der Waals surface area (Å²) in [6.45, 7) is 0.758. The molecule has 1 saturated heterocycles. The van der Waals surface area contributed by atoms with Gasteiger partial charge in [0.25, 0.3) is 0 Å². The van der Waals surface area contributed by atoms with Gasteiger partial charge in [-0.2, -0.15) is 0 Å². The van der Waals surface area contributed by atoms with Gasteiger partial charge in [0.15, 0.2) is 21.4 Å². The summed E-state index contributed by atoms with van der Waals surface area (Å²) in [5.41, 5.74) is 1.40. The quantitative estimate of drug-likeness (QED) is 0.793. The van der Waals surface area contributed by atoms with Crippen LogP contribution in [0.5, 0.6) is 5.75 Å². The van der Waals surface area contributed by atoms with E-state index in [9.17, 15) is 17.6 Å². The van der Waals surface area contributed by atoms with Gasteiger partial charge >= 0.3 is 0 Å². The van der Waals surface area contributed by atoms with Gasteiger partial charge in [0.2, 0.25) is 5.91 Å². The second-order valence-electron chi connectivity index (χ2n) is 6.69. The lowest BCUT2D eigenvalue weighted by Gasteiger charge is -2.33. The van der Waals surface area contributed by atoms with Crippen molar-refractivity contribution in [3.63, 3.8) is 0 Å². The average molecular weight is 406 g/mol. The molecule has 1 atom stereocenters. The Morgan fingerprint density at radius 2 is 1.86 bits per heavy atom. The summed E-state index contributed by atoms with van der Waals surface area (Å²) < 4.78 is 42.3. The molecule has 8 heteroatoms. The minimum Gasteiger partial charge on any atom is -0.494 e. The van der Waals surface area contributed by atoms with E-state index in [2.05, 4.69) is 5.32 Å². The molecule has 2 aromatic carbocycles. The van der Waals surface area contributed by atoms with Gasteiger partial charge in [-0.15, -0.1) is 0 Å². The number of sulfone groups is 1. The molecule has 1 fully saturated rings. The van der Waals surface area contributed by atoms with Crippen LogP contribution in [0.4, 0.5) is 4.39 Å². The number of halogens is 1. The molecule has 0 bridgehead atoms. The standard InChI is InChI=1S/C20H23FN2O4S/c1-27-18-8-7-15(13-17(18)21)14-22-20(24)19(16-5-3-2-4-6-16)23-9-11-28(25,26)12-10-23/h2-8,13,19H,9-12,14H2,1H3,(H,22,24). The number of benzene rings is 2. The van der Waals surface area contributed by atoms with Crippen LogP contribution in [0, 0.1) is 5.82 Å². The molecule has 1 heterocycles. The Kier molecular flexibility index (Phi) is 6.31. The Morgan fingerprint density at radius 1 is 1.18 bits per heavy atom. The van der Waals surface area contributed by atoms with Gasteiger partial charge in [-0.05, 0) is 23.3 Å². The normalized spacial score (nSPS) is 17.6. The first-order valence-corrected chi connectivity index (χ1v) is 10.8. The molecule has 28 heavy (non-hydrogen) atoms. The van der Waals surface area contributed by atoms with Crippen LogP contribution < -0.4 is 10.1 Å². The summed E-state index contributed by atoms with van der Waals surface area (Å²) in [5.74, 6) is -0.524. The number of nitrogens with one attached hydrogen (secondary N) is 1. The van der Waals surface area contributed by atoms with Crippen LogP contribution in [0.1, 0.15) is 17.2 Å². The highest BCUT2D eigenvalue weighted by atomic mass is 32.2. The number of nitrogens with zero attached hydrogens (tertiary/aromatic N) is 1. The number of rotatable bonds is 6. The van der Waals surface area contributed by atoms with Gasteiger partial charge < -0.3 is 10.1 Å². The fourth-order valence-electron chi connectivity index (χ4n) is 3.25. The molecule has 0 radical (unpaired) electrons. The Bertz CT molecular complexity index is 920. The first kappa shape index (κ1) is 20.3. The zero-order valence-electron chi connectivity index (χ0n) is 15.6. The topological polar surface area (TPSA) is 75.7 Å². The first-order chi connectivity index (χ1) is 13.4. The summed E-state index contributed by atoms with van der Waals surface area (Å²) in [5, 5.41) is 2.84. The Morgan fingerprint density at radius 3 is 2.46 bits per heavy atom. The number of carbonyl (C=O) groups excluding carboxylic acids is 1. The van der Waals surface area contributed by atoms with Crippen molar-refractivity contribution in [1.82, 2.24) is 10.2 Å². The van der Waals surface area contributed by atoms with Crippen LogP contribution in [-0.4, -0.2) is 50.9 Å².